The van der Waals surface area contributed by atoms with Crippen LogP contribution in [0.15, 0.2) is 0 Å². The Morgan fingerprint density at radius 3 is 1.88 bits per heavy atom. The lowest BCUT2D eigenvalue weighted by atomic mass is 9.82. The van der Waals surface area contributed by atoms with Gasteiger partial charge < -0.3 is 9.47 Å². The van der Waals surface area contributed by atoms with Crippen LogP contribution < -0.4 is 0 Å². The third-order valence-electron chi connectivity index (χ3n) is 4.18. The van der Waals surface area contributed by atoms with Crippen LogP contribution in [0.5, 0.6) is 0 Å². The first-order valence-electron chi connectivity index (χ1n) is 8.68. The SMILES string of the molecule is CCCCCCCOC(=O)C(CC)(CC)C(=O)OCC(F)(F)C(F)F. The van der Waals surface area contributed by atoms with Gasteiger partial charge in [-0.25, -0.2) is 8.78 Å². The molecular weight excluding hydrogens is 344 g/mol. The predicted octanol–water partition coefficient (Wildman–Crippen LogP) is 4.75. The number of carbonyl (C=O) groups is 2. The molecule has 0 fully saturated rings. The van der Waals surface area contributed by atoms with Gasteiger partial charge in [0.05, 0.1) is 6.61 Å². The Labute approximate surface area is 146 Å². The van der Waals surface area contributed by atoms with Crippen molar-refractivity contribution < 1.29 is 36.6 Å². The number of unbranched alkanes of at least 4 members (excludes halogenated alkanes) is 4. The van der Waals surface area contributed by atoms with Gasteiger partial charge in [0.15, 0.2) is 12.0 Å². The highest BCUT2D eigenvalue weighted by atomic mass is 19.3. The minimum Gasteiger partial charge on any atom is -0.465 e. The summed E-state index contributed by atoms with van der Waals surface area (Å²) in [6, 6.07) is 0. The summed E-state index contributed by atoms with van der Waals surface area (Å²) in [6.07, 6.45) is 0.648. The van der Waals surface area contributed by atoms with E-state index in [1.807, 2.05) is 0 Å². The van der Waals surface area contributed by atoms with E-state index in [9.17, 15) is 27.2 Å². The number of hydrogen-bond acceptors (Lipinski definition) is 4. The quantitative estimate of drug-likeness (QED) is 0.203. The summed E-state index contributed by atoms with van der Waals surface area (Å²) < 4.78 is 59.5. The van der Waals surface area contributed by atoms with Crippen molar-refractivity contribution in [1.29, 1.82) is 0 Å². The fourth-order valence-electron chi connectivity index (χ4n) is 2.28. The molecular formula is C17H28F4O4. The lowest BCUT2D eigenvalue weighted by Crippen LogP contribution is -2.43. The highest BCUT2D eigenvalue weighted by molar-refractivity contribution is 6.00. The summed E-state index contributed by atoms with van der Waals surface area (Å²) in [4.78, 5) is 24.4. The van der Waals surface area contributed by atoms with Gasteiger partial charge in [0.1, 0.15) is 0 Å². The molecule has 0 N–H and O–H groups in total. The number of hydrogen-bond donors (Lipinski definition) is 0. The van der Waals surface area contributed by atoms with Gasteiger partial charge in [0, 0.05) is 0 Å². The van der Waals surface area contributed by atoms with Crippen LogP contribution in [0.2, 0.25) is 0 Å². The van der Waals surface area contributed by atoms with Gasteiger partial charge in [-0.15, -0.1) is 0 Å². The van der Waals surface area contributed by atoms with Crippen LogP contribution >= 0.6 is 0 Å². The monoisotopic (exact) mass is 372 g/mol. The van der Waals surface area contributed by atoms with Gasteiger partial charge in [0.2, 0.25) is 0 Å². The topological polar surface area (TPSA) is 52.6 Å². The second-order valence-corrected chi connectivity index (χ2v) is 5.98. The molecule has 4 nitrogen and oxygen atoms in total. The van der Waals surface area contributed by atoms with Crippen LogP contribution in [0.3, 0.4) is 0 Å². The molecule has 0 radical (unpaired) electrons. The number of alkyl halides is 4. The summed E-state index contributed by atoms with van der Waals surface area (Å²) in [5, 5.41) is 0. The Kier molecular flexibility index (Phi) is 10.7. The number of ether oxygens (including phenoxy) is 2. The normalized spacial score (nSPS) is 12.3. The van der Waals surface area contributed by atoms with E-state index in [1.165, 1.54) is 13.8 Å². The summed E-state index contributed by atoms with van der Waals surface area (Å²) in [7, 11) is 0. The summed E-state index contributed by atoms with van der Waals surface area (Å²) in [6.45, 7) is 3.44. The molecule has 0 aliphatic heterocycles. The fourth-order valence-corrected chi connectivity index (χ4v) is 2.28. The molecule has 0 unspecified atom stereocenters. The Morgan fingerprint density at radius 1 is 0.880 bits per heavy atom. The molecule has 0 aromatic carbocycles. The van der Waals surface area contributed by atoms with Crippen molar-refractivity contribution in [2.24, 2.45) is 5.41 Å². The van der Waals surface area contributed by atoms with E-state index < -0.39 is 36.3 Å². The number of carbonyl (C=O) groups excluding carboxylic acids is 2. The van der Waals surface area contributed by atoms with E-state index >= 15 is 0 Å². The van der Waals surface area contributed by atoms with Crippen LogP contribution in [-0.4, -0.2) is 37.5 Å². The van der Waals surface area contributed by atoms with Crippen molar-refractivity contribution in [3.05, 3.63) is 0 Å². The maximum absolute atomic E-state index is 12.9. The summed E-state index contributed by atoms with van der Waals surface area (Å²) in [5.74, 6) is -6.57. The molecule has 0 amide bonds. The molecule has 0 atom stereocenters. The number of rotatable bonds is 13. The highest BCUT2D eigenvalue weighted by Crippen LogP contribution is 2.32. The lowest BCUT2D eigenvalue weighted by Gasteiger charge is -2.27. The Morgan fingerprint density at radius 2 is 1.40 bits per heavy atom. The zero-order valence-electron chi connectivity index (χ0n) is 15.1. The second kappa shape index (κ2) is 11.3. The molecule has 0 spiro atoms. The molecule has 0 aliphatic carbocycles. The van der Waals surface area contributed by atoms with Crippen LogP contribution in [-0.2, 0) is 19.1 Å². The molecule has 0 saturated carbocycles. The van der Waals surface area contributed by atoms with E-state index in [1.54, 1.807) is 0 Å². The third-order valence-corrected chi connectivity index (χ3v) is 4.18. The Bertz CT molecular complexity index is 409. The van der Waals surface area contributed by atoms with Gasteiger partial charge in [-0.2, -0.15) is 8.78 Å². The third kappa shape index (κ3) is 7.20. The highest BCUT2D eigenvalue weighted by Gasteiger charge is 2.49. The van der Waals surface area contributed by atoms with Crippen LogP contribution in [0.4, 0.5) is 17.6 Å². The van der Waals surface area contributed by atoms with Gasteiger partial charge >= 0.3 is 24.3 Å². The average Bonchev–Trinajstić information content (AvgIpc) is 2.57. The molecule has 0 aliphatic rings. The maximum Gasteiger partial charge on any atom is 0.340 e. The average molecular weight is 372 g/mol. The molecule has 0 aromatic rings. The van der Waals surface area contributed by atoms with Gasteiger partial charge in [-0.05, 0) is 19.3 Å². The molecule has 0 saturated heterocycles. The van der Waals surface area contributed by atoms with Crippen molar-refractivity contribution >= 4 is 11.9 Å². The van der Waals surface area contributed by atoms with Gasteiger partial charge in [0.25, 0.3) is 0 Å². The zero-order valence-corrected chi connectivity index (χ0v) is 15.1. The van der Waals surface area contributed by atoms with Crippen LogP contribution in [0.25, 0.3) is 0 Å². The van der Waals surface area contributed by atoms with Crippen molar-refractivity contribution in [3.63, 3.8) is 0 Å². The van der Waals surface area contributed by atoms with Gasteiger partial charge in [-0.3, -0.25) is 9.59 Å². The van der Waals surface area contributed by atoms with E-state index in [0.29, 0.717) is 6.42 Å². The molecule has 148 valence electrons. The molecule has 0 bridgehead atoms. The summed E-state index contributed by atoms with van der Waals surface area (Å²) in [5.41, 5.74) is -1.75. The minimum absolute atomic E-state index is 0.0305. The maximum atomic E-state index is 12.9. The van der Waals surface area contributed by atoms with E-state index in [0.717, 1.165) is 25.7 Å². The first-order chi connectivity index (χ1) is 11.7. The van der Waals surface area contributed by atoms with Crippen molar-refractivity contribution in [2.75, 3.05) is 13.2 Å². The van der Waals surface area contributed by atoms with E-state index in [2.05, 4.69) is 11.7 Å². The Hall–Kier alpha value is -1.34. The van der Waals surface area contributed by atoms with Crippen molar-refractivity contribution in [3.8, 4) is 0 Å². The molecule has 8 heteroatoms. The molecule has 0 rings (SSSR count). The zero-order chi connectivity index (χ0) is 19.5. The smallest absolute Gasteiger partial charge is 0.340 e. The lowest BCUT2D eigenvalue weighted by molar-refractivity contribution is -0.192. The predicted molar refractivity (Wildman–Crippen MR) is 84.6 cm³/mol. The standard InChI is InChI=1S/C17H28F4O4/c1-4-7-8-9-10-11-24-14(22)16(5-2,6-3)15(23)25-12-17(20,21)13(18)19/h13H,4-12H2,1-3H3. The molecule has 0 aromatic heterocycles. The minimum atomic E-state index is -4.45. The van der Waals surface area contributed by atoms with E-state index in [-0.39, 0.29) is 19.4 Å². The van der Waals surface area contributed by atoms with Crippen LogP contribution in [0.1, 0.15) is 65.7 Å². The summed E-state index contributed by atoms with van der Waals surface area (Å²) >= 11 is 0. The molecule has 25 heavy (non-hydrogen) atoms. The first kappa shape index (κ1) is 23.7. The van der Waals surface area contributed by atoms with Gasteiger partial charge in [-0.1, -0.05) is 46.5 Å². The first-order valence-corrected chi connectivity index (χ1v) is 8.68. The largest absolute Gasteiger partial charge is 0.465 e. The molecule has 0 heterocycles. The second-order valence-electron chi connectivity index (χ2n) is 5.98. The number of halogens is 4. The van der Waals surface area contributed by atoms with E-state index in [4.69, 9.17) is 4.74 Å². The van der Waals surface area contributed by atoms with Crippen molar-refractivity contribution in [1.82, 2.24) is 0 Å². The number of esters is 2. The Balaban J connectivity index is 4.69. The van der Waals surface area contributed by atoms with Crippen molar-refractivity contribution in [2.45, 2.75) is 78.1 Å². The van der Waals surface area contributed by atoms with Crippen LogP contribution in [0, 0.1) is 5.41 Å². The fraction of sp³-hybridized carbons (Fsp3) is 0.882.